The summed E-state index contributed by atoms with van der Waals surface area (Å²) in [5.74, 6) is -0.289. The zero-order valence-electron chi connectivity index (χ0n) is 13.7. The van der Waals surface area contributed by atoms with Crippen LogP contribution in [-0.4, -0.2) is 25.9 Å². The topological polar surface area (TPSA) is 72.7 Å². The van der Waals surface area contributed by atoms with E-state index in [4.69, 9.17) is 11.6 Å². The molecule has 3 aromatic rings. The Kier molecular flexibility index (Phi) is 5.25. The molecule has 1 N–H and O–H groups in total. The fourth-order valence-electron chi connectivity index (χ4n) is 2.27. The molecule has 0 fully saturated rings. The summed E-state index contributed by atoms with van der Waals surface area (Å²) in [4.78, 5) is 12.0. The van der Waals surface area contributed by atoms with E-state index in [0.717, 1.165) is 21.8 Å². The lowest BCUT2D eigenvalue weighted by Crippen LogP contribution is -2.07. The van der Waals surface area contributed by atoms with Gasteiger partial charge in [-0.2, -0.15) is 5.10 Å². The van der Waals surface area contributed by atoms with Crippen molar-refractivity contribution in [3.05, 3.63) is 63.4 Å². The molecule has 8 heteroatoms. The number of nitrogens with zero attached hydrogens (tertiary/aromatic N) is 4. The molecule has 1 amide bonds. The van der Waals surface area contributed by atoms with Crippen LogP contribution in [0.2, 0.25) is 5.15 Å². The summed E-state index contributed by atoms with van der Waals surface area (Å²) in [5, 5.41) is 16.6. The van der Waals surface area contributed by atoms with Crippen molar-refractivity contribution in [1.82, 2.24) is 20.0 Å². The first-order valence-corrected chi connectivity index (χ1v) is 8.78. The molecule has 3 rings (SSSR count). The minimum absolute atomic E-state index is 0.289. The van der Waals surface area contributed by atoms with Gasteiger partial charge in [-0.05, 0) is 25.5 Å². The highest BCUT2D eigenvalue weighted by molar-refractivity contribution is 7.15. The van der Waals surface area contributed by atoms with Gasteiger partial charge in [0, 0.05) is 11.6 Å². The number of anilines is 1. The van der Waals surface area contributed by atoms with Crippen molar-refractivity contribution >= 4 is 40.1 Å². The van der Waals surface area contributed by atoms with Crippen LogP contribution in [-0.2, 0) is 11.3 Å². The molecule has 1 aromatic carbocycles. The van der Waals surface area contributed by atoms with Crippen molar-refractivity contribution in [2.75, 3.05) is 5.32 Å². The monoisotopic (exact) mass is 373 g/mol. The number of hydrogen-bond donors (Lipinski definition) is 1. The second kappa shape index (κ2) is 7.58. The molecular formula is C17H16ClN5OS. The molecule has 0 aliphatic rings. The Morgan fingerprint density at radius 3 is 2.72 bits per heavy atom. The fraction of sp³-hybridized carbons (Fsp3) is 0.176. The molecule has 0 atom stereocenters. The highest BCUT2D eigenvalue weighted by Crippen LogP contribution is 2.22. The third kappa shape index (κ3) is 4.32. The van der Waals surface area contributed by atoms with Crippen LogP contribution in [0.5, 0.6) is 0 Å². The summed E-state index contributed by atoms with van der Waals surface area (Å²) in [6.07, 6.45) is 3.08. The average molecular weight is 374 g/mol. The predicted molar refractivity (Wildman–Crippen MR) is 99.8 cm³/mol. The van der Waals surface area contributed by atoms with E-state index in [0.29, 0.717) is 16.8 Å². The van der Waals surface area contributed by atoms with Gasteiger partial charge >= 0.3 is 0 Å². The highest BCUT2D eigenvalue weighted by atomic mass is 35.5. The summed E-state index contributed by atoms with van der Waals surface area (Å²) in [6.45, 7) is 4.26. The van der Waals surface area contributed by atoms with E-state index in [-0.39, 0.29) is 5.91 Å². The summed E-state index contributed by atoms with van der Waals surface area (Å²) in [5.41, 5.74) is 2.59. The van der Waals surface area contributed by atoms with E-state index in [2.05, 4.69) is 20.6 Å². The summed E-state index contributed by atoms with van der Waals surface area (Å²) >= 11 is 7.74. The van der Waals surface area contributed by atoms with Gasteiger partial charge in [0.1, 0.15) is 10.2 Å². The average Bonchev–Trinajstić information content (AvgIpc) is 3.10. The van der Waals surface area contributed by atoms with Gasteiger partial charge < -0.3 is 0 Å². The summed E-state index contributed by atoms with van der Waals surface area (Å²) in [6, 6.07) is 9.94. The Hall–Kier alpha value is -2.51. The maximum atomic E-state index is 12.0. The zero-order chi connectivity index (χ0) is 17.8. The normalized spacial score (nSPS) is 11.2. The molecule has 2 aromatic heterocycles. The van der Waals surface area contributed by atoms with E-state index < -0.39 is 0 Å². The third-order valence-electron chi connectivity index (χ3n) is 3.44. The Morgan fingerprint density at radius 1 is 1.28 bits per heavy atom. The van der Waals surface area contributed by atoms with Gasteiger partial charge in [0.2, 0.25) is 11.0 Å². The quantitative estimate of drug-likeness (QED) is 0.692. The molecule has 0 spiro atoms. The van der Waals surface area contributed by atoms with Gasteiger partial charge in [0.25, 0.3) is 0 Å². The van der Waals surface area contributed by atoms with Crippen molar-refractivity contribution < 1.29 is 4.79 Å². The van der Waals surface area contributed by atoms with Crippen molar-refractivity contribution in [3.8, 4) is 0 Å². The van der Waals surface area contributed by atoms with Crippen molar-refractivity contribution in [2.24, 2.45) is 0 Å². The minimum atomic E-state index is -0.289. The number of carbonyl (C=O) groups is 1. The van der Waals surface area contributed by atoms with Crippen LogP contribution in [0, 0.1) is 13.8 Å². The van der Waals surface area contributed by atoms with Crippen LogP contribution >= 0.6 is 22.9 Å². The number of aryl methyl sites for hydroxylation is 2. The number of amides is 1. The van der Waals surface area contributed by atoms with Crippen molar-refractivity contribution in [2.45, 2.75) is 20.4 Å². The number of benzene rings is 1. The van der Waals surface area contributed by atoms with Crippen LogP contribution in [0.15, 0.2) is 36.4 Å². The minimum Gasteiger partial charge on any atom is -0.297 e. The molecule has 0 aliphatic heterocycles. The molecule has 25 heavy (non-hydrogen) atoms. The molecule has 0 radical (unpaired) electrons. The van der Waals surface area contributed by atoms with Crippen molar-refractivity contribution in [3.63, 3.8) is 0 Å². The van der Waals surface area contributed by atoms with Gasteiger partial charge in [-0.25, -0.2) is 4.68 Å². The van der Waals surface area contributed by atoms with Crippen LogP contribution in [0.3, 0.4) is 0 Å². The number of aromatic nitrogens is 4. The molecular weight excluding hydrogens is 358 g/mol. The van der Waals surface area contributed by atoms with Gasteiger partial charge in [0.15, 0.2) is 0 Å². The highest BCUT2D eigenvalue weighted by Gasteiger charge is 2.12. The molecule has 0 unspecified atom stereocenters. The first-order chi connectivity index (χ1) is 12.0. The van der Waals surface area contributed by atoms with Crippen molar-refractivity contribution in [1.29, 1.82) is 0 Å². The number of halogens is 1. The maximum Gasteiger partial charge on any atom is 0.250 e. The molecule has 0 saturated carbocycles. The standard InChI is InChI=1S/C17H16ClN5OS/c1-11-14(8-9-15(24)19-17-21-20-12(2)25-17)16(18)23(22-11)10-13-6-4-3-5-7-13/h3-9H,10H2,1-2H3,(H,19,21,24)/b9-8+. The summed E-state index contributed by atoms with van der Waals surface area (Å²) in [7, 11) is 0. The van der Waals surface area contributed by atoms with E-state index in [1.807, 2.05) is 44.2 Å². The third-order valence-corrected chi connectivity index (χ3v) is 4.59. The van der Waals surface area contributed by atoms with Crippen LogP contribution in [0.4, 0.5) is 5.13 Å². The number of hydrogen-bond acceptors (Lipinski definition) is 5. The maximum absolute atomic E-state index is 12.0. The second-order valence-corrected chi connectivity index (χ2v) is 6.92. The Labute approximate surface area is 154 Å². The summed E-state index contributed by atoms with van der Waals surface area (Å²) < 4.78 is 1.72. The molecule has 0 saturated heterocycles. The van der Waals surface area contributed by atoms with Gasteiger partial charge in [0.05, 0.1) is 12.2 Å². The van der Waals surface area contributed by atoms with Crippen LogP contribution < -0.4 is 5.32 Å². The van der Waals surface area contributed by atoms with E-state index in [1.165, 1.54) is 17.4 Å². The Bertz CT molecular complexity index is 917. The Morgan fingerprint density at radius 2 is 2.04 bits per heavy atom. The smallest absolute Gasteiger partial charge is 0.250 e. The zero-order valence-corrected chi connectivity index (χ0v) is 15.3. The molecule has 128 valence electrons. The van der Waals surface area contributed by atoms with E-state index in [1.54, 1.807) is 10.8 Å². The van der Waals surface area contributed by atoms with Gasteiger partial charge in [-0.1, -0.05) is 53.3 Å². The Balaban J connectivity index is 1.73. The number of carbonyl (C=O) groups excluding carboxylic acids is 1. The molecule has 6 nitrogen and oxygen atoms in total. The lowest BCUT2D eigenvalue weighted by Gasteiger charge is -2.03. The largest absolute Gasteiger partial charge is 0.297 e. The fourth-order valence-corrected chi connectivity index (χ4v) is 3.16. The van der Waals surface area contributed by atoms with Gasteiger partial charge in [-0.3, -0.25) is 10.1 Å². The predicted octanol–water partition coefficient (Wildman–Crippen LogP) is 3.71. The first kappa shape index (κ1) is 17.3. The number of rotatable bonds is 5. The van der Waals surface area contributed by atoms with Crippen LogP contribution in [0.25, 0.3) is 6.08 Å². The number of nitrogens with one attached hydrogen (secondary N) is 1. The molecule has 0 bridgehead atoms. The molecule has 2 heterocycles. The van der Waals surface area contributed by atoms with E-state index >= 15 is 0 Å². The second-order valence-electron chi connectivity index (χ2n) is 5.38. The van der Waals surface area contributed by atoms with E-state index in [9.17, 15) is 4.79 Å². The molecule has 0 aliphatic carbocycles. The first-order valence-electron chi connectivity index (χ1n) is 7.59. The lowest BCUT2D eigenvalue weighted by molar-refractivity contribution is -0.111. The van der Waals surface area contributed by atoms with Crippen LogP contribution in [0.1, 0.15) is 21.8 Å². The van der Waals surface area contributed by atoms with Gasteiger partial charge in [-0.15, -0.1) is 10.2 Å². The lowest BCUT2D eigenvalue weighted by atomic mass is 10.2. The SMILES string of the molecule is Cc1nnc(NC(=O)/C=C/c2c(C)nn(Cc3ccccc3)c2Cl)s1.